The van der Waals surface area contributed by atoms with E-state index in [-0.39, 0.29) is 11.5 Å². The molecule has 172 valence electrons. The largest absolute Gasteiger partial charge is 0.495 e. The first kappa shape index (κ1) is 21.6. The van der Waals surface area contributed by atoms with Crippen LogP contribution in [0.2, 0.25) is 0 Å². The number of fused-ring (bicyclic) bond motifs is 2. The van der Waals surface area contributed by atoms with Crippen LogP contribution in [-0.4, -0.2) is 52.3 Å². The van der Waals surface area contributed by atoms with Crippen LogP contribution in [0, 0.1) is 17.8 Å². The normalized spacial score (nSPS) is 16.8. The number of carbonyl (C=O) groups is 2. The molecule has 1 amide bonds. The molecule has 0 aliphatic carbocycles. The van der Waals surface area contributed by atoms with E-state index < -0.39 is 6.09 Å². The number of H-pyrrole nitrogens is 1. The van der Waals surface area contributed by atoms with Crippen molar-refractivity contribution >= 4 is 28.9 Å². The van der Waals surface area contributed by atoms with E-state index in [1.165, 1.54) is 4.90 Å². The van der Waals surface area contributed by atoms with E-state index >= 15 is 0 Å². The summed E-state index contributed by atoms with van der Waals surface area (Å²) >= 11 is 0. The van der Waals surface area contributed by atoms with Crippen molar-refractivity contribution in [1.29, 1.82) is 0 Å². The average Bonchev–Trinajstić information content (AvgIpc) is 3.41. The van der Waals surface area contributed by atoms with Crippen LogP contribution in [-0.2, 0) is 0 Å². The molecule has 3 heterocycles. The minimum atomic E-state index is -0.873. The van der Waals surface area contributed by atoms with Gasteiger partial charge in [-0.15, -0.1) is 0 Å². The molecule has 1 aromatic heterocycles. The number of para-hydroxylation sites is 1. The zero-order valence-corrected chi connectivity index (χ0v) is 18.6. The molecule has 2 aliphatic rings. The highest BCUT2D eigenvalue weighted by Crippen LogP contribution is 2.39. The zero-order valence-electron chi connectivity index (χ0n) is 18.6. The third-order valence-electron chi connectivity index (χ3n) is 6.28. The molecule has 8 nitrogen and oxygen atoms in total. The Bertz CT molecular complexity index is 1370. The third kappa shape index (κ3) is 3.97. The molecule has 0 radical (unpaired) electrons. The van der Waals surface area contributed by atoms with Crippen LogP contribution < -0.4 is 9.47 Å². The number of nitrogens with zero attached hydrogens (tertiary/aromatic N) is 2. The topological polar surface area (TPSA) is 105 Å². The number of benzene rings is 2. The molecule has 0 unspecified atom stereocenters. The van der Waals surface area contributed by atoms with Gasteiger partial charge in [-0.25, -0.2) is 4.79 Å². The fourth-order valence-corrected chi connectivity index (χ4v) is 4.35. The molecule has 34 heavy (non-hydrogen) atoms. The lowest BCUT2D eigenvalue weighted by atomic mass is 9.94. The van der Waals surface area contributed by atoms with E-state index in [1.54, 1.807) is 25.3 Å². The summed E-state index contributed by atoms with van der Waals surface area (Å²) < 4.78 is 11.5. The maximum absolute atomic E-state index is 13.0. The predicted molar refractivity (Wildman–Crippen MR) is 126 cm³/mol. The van der Waals surface area contributed by atoms with E-state index in [1.807, 2.05) is 24.3 Å². The molecule has 2 aromatic carbocycles. The van der Waals surface area contributed by atoms with Crippen LogP contribution in [0.25, 0.3) is 17.0 Å². The van der Waals surface area contributed by atoms with Gasteiger partial charge in [0.2, 0.25) is 5.78 Å². The highest BCUT2D eigenvalue weighted by molar-refractivity contribution is 6.15. The maximum Gasteiger partial charge on any atom is 0.407 e. The van der Waals surface area contributed by atoms with Gasteiger partial charge in [-0.1, -0.05) is 30.0 Å². The number of carbonyl (C=O) groups excluding carboxylic acids is 1. The summed E-state index contributed by atoms with van der Waals surface area (Å²) in [5, 5.41) is 17.3. The molecule has 0 spiro atoms. The van der Waals surface area contributed by atoms with Gasteiger partial charge in [0.15, 0.2) is 11.5 Å². The Balaban J connectivity index is 1.39. The van der Waals surface area contributed by atoms with Gasteiger partial charge >= 0.3 is 6.09 Å². The molecule has 0 atom stereocenters. The van der Waals surface area contributed by atoms with Crippen molar-refractivity contribution < 1.29 is 24.2 Å². The lowest BCUT2D eigenvalue weighted by Crippen LogP contribution is -2.37. The van der Waals surface area contributed by atoms with Crippen molar-refractivity contribution in [2.45, 2.75) is 19.3 Å². The molecule has 2 N–H and O–H groups in total. The van der Waals surface area contributed by atoms with Crippen LogP contribution >= 0.6 is 0 Å². The van der Waals surface area contributed by atoms with E-state index in [0.29, 0.717) is 53.7 Å². The lowest BCUT2D eigenvalue weighted by Gasteiger charge is -2.28. The Morgan fingerprint density at radius 3 is 2.85 bits per heavy atom. The van der Waals surface area contributed by atoms with E-state index in [2.05, 4.69) is 22.0 Å². The third-order valence-corrected chi connectivity index (χ3v) is 6.28. The summed E-state index contributed by atoms with van der Waals surface area (Å²) in [6.45, 7) is 1.05. The number of carboxylic acid groups (broad SMARTS) is 1. The molecule has 1 saturated heterocycles. The molecule has 3 aromatic rings. The molecule has 0 saturated carbocycles. The van der Waals surface area contributed by atoms with Crippen LogP contribution in [0.4, 0.5) is 4.79 Å². The number of nitrogens with one attached hydrogen (secondary N) is 1. The Hall–Kier alpha value is -4.25. The number of aromatic amines is 1. The van der Waals surface area contributed by atoms with Crippen LogP contribution in [0.1, 0.15) is 40.9 Å². The number of piperidine rings is 1. The van der Waals surface area contributed by atoms with Crippen molar-refractivity contribution in [2.24, 2.45) is 5.92 Å². The summed E-state index contributed by atoms with van der Waals surface area (Å²) in [6, 6.07) is 11.1. The minimum Gasteiger partial charge on any atom is -0.495 e. The molecule has 1 fully saturated rings. The first-order valence-electron chi connectivity index (χ1n) is 11.1. The average molecular weight is 457 g/mol. The van der Waals surface area contributed by atoms with Crippen molar-refractivity contribution in [3.05, 3.63) is 59.0 Å². The van der Waals surface area contributed by atoms with Gasteiger partial charge < -0.3 is 19.5 Å². The van der Waals surface area contributed by atoms with Crippen molar-refractivity contribution in [3.63, 3.8) is 0 Å². The van der Waals surface area contributed by atoms with Gasteiger partial charge in [0, 0.05) is 31.0 Å². The van der Waals surface area contributed by atoms with E-state index in [0.717, 1.165) is 23.7 Å². The molecular weight excluding hydrogens is 434 g/mol. The summed E-state index contributed by atoms with van der Waals surface area (Å²) in [5.74, 6) is 7.55. The van der Waals surface area contributed by atoms with Gasteiger partial charge in [0.1, 0.15) is 11.3 Å². The van der Waals surface area contributed by atoms with E-state index in [4.69, 9.17) is 14.6 Å². The molecule has 8 heteroatoms. The number of Topliss-reactive ketones (excluding diaryl/α,β-unsaturated/α-hetero) is 1. The number of ether oxygens (including phenoxy) is 2. The predicted octanol–water partition coefficient (Wildman–Crippen LogP) is 4.32. The van der Waals surface area contributed by atoms with Gasteiger partial charge in [-0.2, -0.15) is 5.10 Å². The Kier molecular flexibility index (Phi) is 5.68. The van der Waals surface area contributed by atoms with E-state index in [9.17, 15) is 9.59 Å². The first-order valence-corrected chi connectivity index (χ1v) is 11.1. The number of likely N-dealkylation sites (tertiary alicyclic amines) is 1. The Morgan fingerprint density at radius 1 is 1.29 bits per heavy atom. The number of rotatable bonds is 3. The second kappa shape index (κ2) is 8.94. The summed E-state index contributed by atoms with van der Waals surface area (Å²) in [7, 11) is 1.55. The number of hydrogen-bond donors (Lipinski definition) is 2. The first-order chi connectivity index (χ1) is 16.5. The van der Waals surface area contributed by atoms with Gasteiger partial charge in [-0.3, -0.25) is 9.89 Å². The number of hydrogen-bond acceptors (Lipinski definition) is 5. The number of methoxy groups -OCH3 is 1. The van der Waals surface area contributed by atoms with Gasteiger partial charge in [0.05, 0.1) is 23.9 Å². The van der Waals surface area contributed by atoms with Gasteiger partial charge in [0.25, 0.3) is 0 Å². The van der Waals surface area contributed by atoms with Crippen LogP contribution in [0.3, 0.4) is 0 Å². The molecular formula is C26H23N3O5. The fraction of sp³-hybridized carbons (Fsp3) is 0.269. The van der Waals surface area contributed by atoms with Crippen molar-refractivity contribution in [2.75, 3.05) is 20.2 Å². The standard InChI is InChI=1S/C26H23N3O5/c1-33-22-10-9-19-24(30)23(15-21-17-6-2-3-8-20(17)27-28-21)34-25(19)18(22)7-4-5-16-11-13-29(14-12-16)26(31)32/h2-3,6,8-10,15-16H,5,11-14H2,1H3,(H,27,28)(H,31,32)/b23-15-. The monoisotopic (exact) mass is 457 g/mol. The molecule has 0 bridgehead atoms. The number of amides is 1. The van der Waals surface area contributed by atoms with Crippen LogP contribution in [0.5, 0.6) is 11.5 Å². The summed E-state index contributed by atoms with van der Waals surface area (Å²) in [4.78, 5) is 25.6. The molecule has 2 aliphatic heterocycles. The quantitative estimate of drug-likeness (QED) is 0.448. The second-order valence-electron chi connectivity index (χ2n) is 8.33. The molecule has 5 rings (SSSR count). The number of aromatic nitrogens is 2. The Morgan fingerprint density at radius 2 is 2.09 bits per heavy atom. The second-order valence-corrected chi connectivity index (χ2v) is 8.33. The Labute approximate surface area is 196 Å². The smallest absolute Gasteiger partial charge is 0.407 e. The maximum atomic E-state index is 13.0. The number of allylic oxidation sites excluding steroid dienone is 1. The minimum absolute atomic E-state index is 0.185. The van der Waals surface area contributed by atoms with Crippen LogP contribution in [0.15, 0.2) is 42.2 Å². The summed E-state index contributed by atoms with van der Waals surface area (Å²) in [6.07, 6.45) is 2.97. The highest BCUT2D eigenvalue weighted by Gasteiger charge is 2.31. The van der Waals surface area contributed by atoms with Crippen molar-refractivity contribution in [1.82, 2.24) is 15.1 Å². The van der Waals surface area contributed by atoms with Gasteiger partial charge in [-0.05, 0) is 37.0 Å². The lowest BCUT2D eigenvalue weighted by molar-refractivity contribution is 0.101. The highest BCUT2D eigenvalue weighted by atomic mass is 16.5. The SMILES string of the molecule is COc1ccc2c(c1C#CCC1CCN(C(=O)O)CC1)O/C(=C\c1n[nH]c3ccccc13)C2=O. The number of ketones is 1. The zero-order chi connectivity index (χ0) is 23.7. The summed E-state index contributed by atoms with van der Waals surface area (Å²) in [5.41, 5.74) is 2.47. The fourth-order valence-electron chi connectivity index (χ4n) is 4.35. The van der Waals surface area contributed by atoms with Crippen molar-refractivity contribution in [3.8, 4) is 23.3 Å².